The molecule has 0 aliphatic heterocycles. The van der Waals surface area contributed by atoms with Gasteiger partial charge in [0.2, 0.25) is 21.8 Å². The summed E-state index contributed by atoms with van der Waals surface area (Å²) in [5.74, 6) is -0.293. The lowest BCUT2D eigenvalue weighted by atomic mass is 9.94. The van der Waals surface area contributed by atoms with E-state index in [1.807, 2.05) is 93.6 Å². The van der Waals surface area contributed by atoms with Gasteiger partial charge >= 0.3 is 0 Å². The number of carbonyl (C=O) groups is 2. The lowest BCUT2D eigenvalue weighted by molar-refractivity contribution is -0.141. The van der Waals surface area contributed by atoms with Crippen molar-refractivity contribution in [2.45, 2.75) is 90.8 Å². The number of anilines is 1. The van der Waals surface area contributed by atoms with Crippen molar-refractivity contribution in [1.29, 1.82) is 0 Å². The maximum Gasteiger partial charge on any atom is 0.243 e. The van der Waals surface area contributed by atoms with Crippen molar-refractivity contribution < 1.29 is 18.0 Å². The largest absolute Gasteiger partial charge is 0.352 e. The summed E-state index contributed by atoms with van der Waals surface area (Å²) in [5.41, 5.74) is 5.47. The molecule has 1 N–H and O–H groups in total. The van der Waals surface area contributed by atoms with Crippen molar-refractivity contribution in [3.05, 3.63) is 101 Å². The first kappa shape index (κ1) is 33.2. The quantitative estimate of drug-likeness (QED) is 0.246. The molecule has 3 aromatic rings. The van der Waals surface area contributed by atoms with E-state index in [9.17, 15) is 18.0 Å². The number of hydrogen-bond acceptors (Lipinski definition) is 4. The highest BCUT2D eigenvalue weighted by atomic mass is 32.2. The Hall–Kier alpha value is -3.65. The van der Waals surface area contributed by atoms with E-state index >= 15 is 0 Å². The summed E-state index contributed by atoms with van der Waals surface area (Å²) in [6.45, 7) is 6.31. The number of benzene rings is 3. The molecule has 3 aromatic carbocycles. The van der Waals surface area contributed by atoms with Gasteiger partial charge in [-0.25, -0.2) is 8.42 Å². The average Bonchev–Trinajstić information content (AvgIpc) is 2.99. The van der Waals surface area contributed by atoms with Gasteiger partial charge < -0.3 is 10.2 Å². The third-order valence-corrected chi connectivity index (χ3v) is 9.79. The van der Waals surface area contributed by atoms with Crippen LogP contribution in [0.15, 0.2) is 72.8 Å². The summed E-state index contributed by atoms with van der Waals surface area (Å²) in [5, 5.41) is 3.28. The number of rotatable bonds is 13. The third-order valence-electron chi connectivity index (χ3n) is 8.61. The van der Waals surface area contributed by atoms with Crippen LogP contribution in [0.1, 0.15) is 72.8 Å². The van der Waals surface area contributed by atoms with Crippen molar-refractivity contribution in [1.82, 2.24) is 10.2 Å². The minimum atomic E-state index is -3.57. The molecule has 0 spiro atoms. The minimum absolute atomic E-state index is 0.116. The Kier molecular flexibility index (Phi) is 11.6. The second kappa shape index (κ2) is 15.4. The standard InChI is InChI=1S/C36H47N3O4S/c1-27-21-22-29(3)33(24-27)39(44(4,42)43)23-13-20-35(40)38(26-31-17-12-11-14-28(31)2)34(25-30-15-7-5-8-16-30)36(41)37-32-18-9-6-10-19-32/h5,7-8,11-12,14-17,21-22,24,32,34H,6,9-10,13,18-20,23,25-26H2,1-4H3,(H,37,41)/t34-/m0/s1. The summed E-state index contributed by atoms with van der Waals surface area (Å²) < 4.78 is 27.1. The fourth-order valence-electron chi connectivity index (χ4n) is 6.04. The number of amides is 2. The molecule has 8 heteroatoms. The molecule has 0 unspecified atom stereocenters. The molecule has 0 bridgehead atoms. The number of carbonyl (C=O) groups excluding carboxylic acids is 2. The molecule has 0 saturated heterocycles. The first-order chi connectivity index (χ1) is 21.0. The van der Waals surface area contributed by atoms with Crippen LogP contribution >= 0.6 is 0 Å². The zero-order chi connectivity index (χ0) is 31.7. The maximum absolute atomic E-state index is 14.2. The molecule has 1 aliphatic rings. The summed E-state index contributed by atoms with van der Waals surface area (Å²) >= 11 is 0. The molecule has 236 valence electrons. The fraction of sp³-hybridized carbons (Fsp3) is 0.444. The highest BCUT2D eigenvalue weighted by Gasteiger charge is 2.32. The van der Waals surface area contributed by atoms with E-state index in [4.69, 9.17) is 0 Å². The van der Waals surface area contributed by atoms with Gasteiger partial charge in [0, 0.05) is 32.0 Å². The summed E-state index contributed by atoms with van der Waals surface area (Å²) in [6, 6.07) is 22.9. The predicted molar refractivity (Wildman–Crippen MR) is 178 cm³/mol. The van der Waals surface area contributed by atoms with Gasteiger partial charge in [-0.3, -0.25) is 13.9 Å². The molecule has 1 aliphatic carbocycles. The SMILES string of the molecule is Cc1ccc(C)c(N(CCCC(=O)N(Cc2ccccc2C)[C@@H](Cc2ccccc2)C(=O)NC2CCCCC2)S(C)(=O)=O)c1. The molecule has 4 rings (SSSR count). The molecule has 1 atom stereocenters. The van der Waals surface area contributed by atoms with E-state index in [1.165, 1.54) is 17.0 Å². The predicted octanol–water partition coefficient (Wildman–Crippen LogP) is 6.25. The van der Waals surface area contributed by atoms with Crippen LogP contribution in [-0.4, -0.2) is 50.0 Å². The number of nitrogens with one attached hydrogen (secondary N) is 1. The second-order valence-electron chi connectivity index (χ2n) is 12.2. The molecular formula is C36H47N3O4S. The molecule has 0 radical (unpaired) electrons. The molecule has 1 saturated carbocycles. The Labute approximate surface area is 263 Å². The van der Waals surface area contributed by atoms with Gasteiger partial charge in [-0.05, 0) is 73.9 Å². The van der Waals surface area contributed by atoms with Crippen LogP contribution in [0.5, 0.6) is 0 Å². The normalized spacial score (nSPS) is 14.5. The topological polar surface area (TPSA) is 86.8 Å². The first-order valence-corrected chi connectivity index (χ1v) is 17.6. The third kappa shape index (κ3) is 9.18. The van der Waals surface area contributed by atoms with Crippen LogP contribution in [0, 0.1) is 20.8 Å². The van der Waals surface area contributed by atoms with E-state index in [1.54, 1.807) is 4.90 Å². The first-order valence-electron chi connectivity index (χ1n) is 15.8. The highest BCUT2D eigenvalue weighted by Crippen LogP contribution is 2.25. The van der Waals surface area contributed by atoms with Gasteiger partial charge in [0.15, 0.2) is 0 Å². The Morgan fingerprint density at radius 1 is 0.886 bits per heavy atom. The number of aryl methyl sites for hydroxylation is 3. The van der Waals surface area contributed by atoms with Gasteiger partial charge in [-0.15, -0.1) is 0 Å². The highest BCUT2D eigenvalue weighted by molar-refractivity contribution is 7.92. The van der Waals surface area contributed by atoms with Gasteiger partial charge in [-0.2, -0.15) is 0 Å². The molecule has 1 fully saturated rings. The lowest BCUT2D eigenvalue weighted by Crippen LogP contribution is -2.53. The average molecular weight is 618 g/mol. The van der Waals surface area contributed by atoms with Crippen LogP contribution in [0.25, 0.3) is 0 Å². The van der Waals surface area contributed by atoms with Crippen molar-refractivity contribution in [3.8, 4) is 0 Å². The van der Waals surface area contributed by atoms with E-state index in [-0.39, 0.29) is 30.8 Å². The fourth-order valence-corrected chi connectivity index (χ4v) is 7.05. The van der Waals surface area contributed by atoms with Gasteiger partial charge in [0.1, 0.15) is 6.04 Å². The number of sulfonamides is 1. The molecule has 0 heterocycles. The van der Waals surface area contributed by atoms with Gasteiger partial charge in [0.05, 0.1) is 11.9 Å². The van der Waals surface area contributed by atoms with Crippen LogP contribution in [0.3, 0.4) is 0 Å². The second-order valence-corrected chi connectivity index (χ2v) is 14.1. The van der Waals surface area contributed by atoms with E-state index in [2.05, 4.69) is 5.32 Å². The Balaban J connectivity index is 1.61. The zero-order valence-corrected chi connectivity index (χ0v) is 27.4. The van der Waals surface area contributed by atoms with Crippen LogP contribution in [0.2, 0.25) is 0 Å². The van der Waals surface area contributed by atoms with Gasteiger partial charge in [0.25, 0.3) is 0 Å². The van der Waals surface area contributed by atoms with Gasteiger partial charge in [-0.1, -0.05) is 86.0 Å². The Morgan fingerprint density at radius 2 is 1.57 bits per heavy atom. The van der Waals surface area contributed by atoms with Crippen LogP contribution in [-0.2, 0) is 32.6 Å². The molecule has 2 amide bonds. The van der Waals surface area contributed by atoms with Crippen molar-refractivity contribution in [2.24, 2.45) is 0 Å². The molecule has 44 heavy (non-hydrogen) atoms. The van der Waals surface area contributed by atoms with E-state index < -0.39 is 16.1 Å². The number of nitrogens with zero attached hydrogens (tertiary/aromatic N) is 2. The maximum atomic E-state index is 14.2. The summed E-state index contributed by atoms with van der Waals surface area (Å²) in [7, 11) is -3.57. The summed E-state index contributed by atoms with van der Waals surface area (Å²) in [6.07, 6.45) is 7.32. The van der Waals surface area contributed by atoms with Crippen molar-refractivity contribution in [3.63, 3.8) is 0 Å². The smallest absolute Gasteiger partial charge is 0.243 e. The Bertz CT molecular complexity index is 1520. The monoisotopic (exact) mass is 617 g/mol. The molecule has 7 nitrogen and oxygen atoms in total. The van der Waals surface area contributed by atoms with Crippen LogP contribution < -0.4 is 9.62 Å². The molecule has 0 aromatic heterocycles. The lowest BCUT2D eigenvalue weighted by Gasteiger charge is -2.34. The Morgan fingerprint density at radius 3 is 2.25 bits per heavy atom. The van der Waals surface area contributed by atoms with Crippen molar-refractivity contribution in [2.75, 3.05) is 17.1 Å². The minimum Gasteiger partial charge on any atom is -0.352 e. The van der Waals surface area contributed by atoms with E-state index in [0.717, 1.165) is 53.5 Å². The van der Waals surface area contributed by atoms with Crippen LogP contribution in [0.4, 0.5) is 5.69 Å². The van der Waals surface area contributed by atoms with Crippen molar-refractivity contribution >= 4 is 27.5 Å². The summed E-state index contributed by atoms with van der Waals surface area (Å²) in [4.78, 5) is 29.9. The zero-order valence-electron chi connectivity index (χ0n) is 26.6. The van der Waals surface area contributed by atoms with E-state index in [0.29, 0.717) is 25.1 Å². The molecular weight excluding hydrogens is 570 g/mol. The number of hydrogen-bond donors (Lipinski definition) is 1.